The van der Waals surface area contributed by atoms with Crippen LogP contribution in [-0.4, -0.2) is 19.5 Å². The number of imidazole rings is 1. The molecule has 0 spiro atoms. The molecule has 0 saturated carbocycles. The quantitative estimate of drug-likeness (QED) is 0.570. The molecule has 0 aliphatic carbocycles. The predicted molar refractivity (Wildman–Crippen MR) is 34.7 cm³/mol. The van der Waals surface area contributed by atoms with Gasteiger partial charge in [0.25, 0.3) is 0 Å². The van der Waals surface area contributed by atoms with Crippen molar-refractivity contribution >= 4 is 5.52 Å². The molecular weight excluding hydrogens is 130 g/mol. The van der Waals surface area contributed by atoms with Crippen LogP contribution in [0, 0.1) is 0 Å². The fourth-order valence-electron chi connectivity index (χ4n) is 0.837. The maximum atomic E-state index is 9.05. The van der Waals surface area contributed by atoms with E-state index in [0.29, 0.717) is 5.52 Å². The third-order valence-corrected chi connectivity index (χ3v) is 1.32. The second-order valence-corrected chi connectivity index (χ2v) is 1.94. The van der Waals surface area contributed by atoms with Gasteiger partial charge in [0, 0.05) is 6.20 Å². The van der Waals surface area contributed by atoms with Gasteiger partial charge in [0.1, 0.15) is 18.2 Å². The molecule has 0 aliphatic rings. The summed E-state index contributed by atoms with van der Waals surface area (Å²) in [5.74, 6) is 0.0439. The van der Waals surface area contributed by atoms with Gasteiger partial charge >= 0.3 is 0 Å². The fraction of sp³-hybridized carbons (Fsp3) is 0. The van der Waals surface area contributed by atoms with Crippen LogP contribution < -0.4 is 0 Å². The number of fused-ring (bicyclic) bond motifs is 1. The molecule has 2 aromatic heterocycles. The van der Waals surface area contributed by atoms with Gasteiger partial charge in [-0.1, -0.05) is 0 Å². The highest BCUT2D eigenvalue weighted by molar-refractivity contribution is 5.54. The minimum Gasteiger partial charge on any atom is -0.492 e. The molecule has 1 N–H and O–H groups in total. The Morgan fingerprint density at radius 1 is 1.40 bits per heavy atom. The standard InChI is InChI=1S/C6H5N3O/c10-6-5-1-2-7-3-9(5)4-8-6/h1-4,10H. The van der Waals surface area contributed by atoms with E-state index in [0.717, 1.165) is 0 Å². The van der Waals surface area contributed by atoms with Crippen molar-refractivity contribution in [1.82, 2.24) is 14.4 Å². The molecular formula is C6H5N3O. The minimum atomic E-state index is 0.0439. The lowest BCUT2D eigenvalue weighted by molar-refractivity contribution is 0.462. The van der Waals surface area contributed by atoms with Crippen LogP contribution in [0.1, 0.15) is 0 Å². The Labute approximate surface area is 56.8 Å². The summed E-state index contributed by atoms with van der Waals surface area (Å²) in [5, 5.41) is 9.05. The number of hydrogen-bond donors (Lipinski definition) is 1. The first-order valence-electron chi connectivity index (χ1n) is 2.83. The number of nitrogens with zero attached hydrogens (tertiary/aromatic N) is 3. The van der Waals surface area contributed by atoms with Crippen molar-refractivity contribution in [2.24, 2.45) is 0 Å². The molecule has 0 aliphatic heterocycles. The van der Waals surface area contributed by atoms with E-state index in [4.69, 9.17) is 5.11 Å². The second kappa shape index (κ2) is 1.70. The third kappa shape index (κ3) is 0.556. The average Bonchev–Trinajstić information content (AvgIpc) is 2.34. The molecule has 0 aromatic carbocycles. The monoisotopic (exact) mass is 135 g/mol. The molecule has 0 saturated heterocycles. The van der Waals surface area contributed by atoms with Gasteiger partial charge in [-0.25, -0.2) is 9.97 Å². The summed E-state index contributed by atoms with van der Waals surface area (Å²) in [6.07, 6.45) is 4.70. The van der Waals surface area contributed by atoms with Crippen LogP contribution in [0.15, 0.2) is 24.9 Å². The predicted octanol–water partition coefficient (Wildman–Crippen LogP) is 0.435. The molecule has 0 amide bonds. The second-order valence-electron chi connectivity index (χ2n) is 1.94. The van der Waals surface area contributed by atoms with Gasteiger partial charge in [0.2, 0.25) is 5.88 Å². The van der Waals surface area contributed by atoms with Crippen molar-refractivity contribution in [3.8, 4) is 5.88 Å². The average molecular weight is 135 g/mol. The van der Waals surface area contributed by atoms with Crippen molar-refractivity contribution in [3.63, 3.8) is 0 Å². The maximum Gasteiger partial charge on any atom is 0.237 e. The molecule has 4 nitrogen and oxygen atoms in total. The highest BCUT2D eigenvalue weighted by Gasteiger charge is 1.97. The lowest BCUT2D eigenvalue weighted by atomic mass is 10.5. The molecule has 0 unspecified atom stereocenters. The molecule has 50 valence electrons. The van der Waals surface area contributed by atoms with Gasteiger partial charge in [-0.15, -0.1) is 0 Å². The van der Waals surface area contributed by atoms with Crippen LogP contribution in [-0.2, 0) is 0 Å². The molecule has 10 heavy (non-hydrogen) atoms. The zero-order chi connectivity index (χ0) is 6.97. The molecule has 2 aromatic rings. The Hall–Kier alpha value is -1.58. The normalized spacial score (nSPS) is 10.4. The van der Waals surface area contributed by atoms with Gasteiger partial charge in [-0.3, -0.25) is 4.40 Å². The maximum absolute atomic E-state index is 9.05. The van der Waals surface area contributed by atoms with E-state index in [9.17, 15) is 0 Å². The first kappa shape index (κ1) is 5.22. The first-order chi connectivity index (χ1) is 4.88. The number of aromatic nitrogens is 3. The Kier molecular flexibility index (Phi) is 0.887. The Morgan fingerprint density at radius 2 is 2.30 bits per heavy atom. The molecule has 0 radical (unpaired) electrons. The first-order valence-corrected chi connectivity index (χ1v) is 2.83. The Bertz CT molecular complexity index is 355. The summed E-state index contributed by atoms with van der Waals surface area (Å²) in [5.41, 5.74) is 0.676. The van der Waals surface area contributed by atoms with Crippen LogP contribution in [0.3, 0.4) is 0 Å². The summed E-state index contributed by atoms with van der Waals surface area (Å²) in [6, 6.07) is 1.70. The van der Waals surface area contributed by atoms with Crippen molar-refractivity contribution in [1.29, 1.82) is 0 Å². The summed E-state index contributed by atoms with van der Waals surface area (Å²) in [7, 11) is 0. The smallest absolute Gasteiger partial charge is 0.237 e. The summed E-state index contributed by atoms with van der Waals surface area (Å²) in [6.45, 7) is 0. The third-order valence-electron chi connectivity index (χ3n) is 1.32. The lowest BCUT2D eigenvalue weighted by Gasteiger charge is -1.87. The van der Waals surface area contributed by atoms with Crippen molar-refractivity contribution in [2.45, 2.75) is 0 Å². The molecule has 0 bridgehead atoms. The van der Waals surface area contributed by atoms with Crippen LogP contribution in [0.4, 0.5) is 0 Å². The molecule has 0 atom stereocenters. The Morgan fingerprint density at radius 3 is 3.10 bits per heavy atom. The SMILES string of the molecule is Oc1ncn2cnccc12. The molecule has 4 heteroatoms. The fourth-order valence-corrected chi connectivity index (χ4v) is 0.837. The highest BCUT2D eigenvalue weighted by atomic mass is 16.3. The van der Waals surface area contributed by atoms with Crippen LogP contribution in [0.25, 0.3) is 5.52 Å². The zero-order valence-electron chi connectivity index (χ0n) is 5.10. The van der Waals surface area contributed by atoms with E-state index in [1.54, 1.807) is 23.0 Å². The van der Waals surface area contributed by atoms with Crippen LogP contribution in [0.5, 0.6) is 5.88 Å². The van der Waals surface area contributed by atoms with E-state index in [-0.39, 0.29) is 5.88 Å². The highest BCUT2D eigenvalue weighted by Crippen LogP contribution is 2.12. The zero-order valence-corrected chi connectivity index (χ0v) is 5.10. The molecule has 2 rings (SSSR count). The van der Waals surface area contributed by atoms with Gasteiger partial charge in [0.05, 0.1) is 0 Å². The Balaban J connectivity index is 2.93. The van der Waals surface area contributed by atoms with Crippen LogP contribution in [0.2, 0.25) is 0 Å². The van der Waals surface area contributed by atoms with Crippen molar-refractivity contribution in [3.05, 3.63) is 24.9 Å². The molecule has 2 heterocycles. The van der Waals surface area contributed by atoms with Gasteiger partial charge in [-0.2, -0.15) is 0 Å². The minimum absolute atomic E-state index is 0.0439. The summed E-state index contributed by atoms with van der Waals surface area (Å²) < 4.78 is 1.65. The number of hydrogen-bond acceptors (Lipinski definition) is 3. The molecule has 0 fully saturated rings. The van der Waals surface area contributed by atoms with E-state index in [1.807, 2.05) is 0 Å². The topological polar surface area (TPSA) is 50.4 Å². The largest absolute Gasteiger partial charge is 0.492 e. The van der Waals surface area contributed by atoms with E-state index in [2.05, 4.69) is 9.97 Å². The van der Waals surface area contributed by atoms with Crippen molar-refractivity contribution < 1.29 is 5.11 Å². The van der Waals surface area contributed by atoms with E-state index < -0.39 is 0 Å². The van der Waals surface area contributed by atoms with Gasteiger partial charge in [0.15, 0.2) is 0 Å². The van der Waals surface area contributed by atoms with Gasteiger partial charge in [-0.05, 0) is 6.07 Å². The van der Waals surface area contributed by atoms with Crippen LogP contribution >= 0.6 is 0 Å². The van der Waals surface area contributed by atoms with E-state index >= 15 is 0 Å². The van der Waals surface area contributed by atoms with Crippen molar-refractivity contribution in [2.75, 3.05) is 0 Å². The number of aromatic hydroxyl groups is 1. The number of rotatable bonds is 0. The summed E-state index contributed by atoms with van der Waals surface area (Å²) in [4.78, 5) is 7.51. The van der Waals surface area contributed by atoms with Gasteiger partial charge < -0.3 is 5.11 Å². The lowest BCUT2D eigenvalue weighted by Crippen LogP contribution is -1.80. The van der Waals surface area contributed by atoms with E-state index in [1.165, 1.54) is 6.33 Å². The summed E-state index contributed by atoms with van der Waals surface area (Å²) >= 11 is 0.